The zero-order valence-electron chi connectivity index (χ0n) is 9.74. The first-order valence-electron chi connectivity index (χ1n) is 5.42. The van der Waals surface area contributed by atoms with Crippen LogP contribution in [0.15, 0.2) is 30.3 Å². The quantitative estimate of drug-likeness (QED) is 0.643. The Hall–Kier alpha value is -1.44. The van der Waals surface area contributed by atoms with Crippen molar-refractivity contribution in [3.05, 3.63) is 35.9 Å². The molecule has 0 radical (unpaired) electrons. The van der Waals surface area contributed by atoms with Gasteiger partial charge in [0.05, 0.1) is 0 Å². The predicted octanol–water partition coefficient (Wildman–Crippen LogP) is 0.256. The molecule has 100 valence electrons. The summed E-state index contributed by atoms with van der Waals surface area (Å²) < 4.78 is 29.9. The predicted molar refractivity (Wildman–Crippen MR) is 67.0 cm³/mol. The molecule has 18 heavy (non-hydrogen) atoms. The Labute approximate surface area is 106 Å². The van der Waals surface area contributed by atoms with Gasteiger partial charge in [-0.25, -0.2) is 0 Å². The fourth-order valence-corrected chi connectivity index (χ4v) is 1.72. The van der Waals surface area contributed by atoms with E-state index in [9.17, 15) is 13.2 Å². The summed E-state index contributed by atoms with van der Waals surface area (Å²) in [4.78, 5) is 11.4. The molecule has 1 aromatic carbocycles. The van der Waals surface area contributed by atoms with Crippen LogP contribution >= 0.6 is 0 Å². The molecule has 1 atom stereocenters. The van der Waals surface area contributed by atoms with Gasteiger partial charge in [0, 0.05) is 13.0 Å². The standard InChI is InChI=1S/C11H16N2O4S/c12-10(18(15,16)17)6-7-11(14)13-8-9-4-2-1-3-5-9/h1-5,10H,6-8,12H2,(H,13,14)(H,15,16,17). The fraction of sp³-hybridized carbons (Fsp3) is 0.364. The Morgan fingerprint density at radius 2 is 1.94 bits per heavy atom. The summed E-state index contributed by atoms with van der Waals surface area (Å²) in [5.41, 5.74) is 6.14. The van der Waals surface area contributed by atoms with Crippen molar-refractivity contribution in [2.24, 2.45) is 5.73 Å². The van der Waals surface area contributed by atoms with Crippen LogP contribution in [0.5, 0.6) is 0 Å². The molecule has 0 spiro atoms. The van der Waals surface area contributed by atoms with Crippen molar-refractivity contribution in [1.29, 1.82) is 0 Å². The number of hydrogen-bond donors (Lipinski definition) is 3. The van der Waals surface area contributed by atoms with Crippen LogP contribution in [0, 0.1) is 0 Å². The number of carbonyl (C=O) groups is 1. The van der Waals surface area contributed by atoms with Gasteiger partial charge in [-0.1, -0.05) is 30.3 Å². The third-order valence-corrected chi connectivity index (χ3v) is 3.37. The number of hydrogen-bond acceptors (Lipinski definition) is 4. The van der Waals surface area contributed by atoms with E-state index in [-0.39, 0.29) is 18.7 Å². The van der Waals surface area contributed by atoms with Gasteiger partial charge in [-0.05, 0) is 12.0 Å². The van der Waals surface area contributed by atoms with Crippen LogP contribution in [-0.4, -0.2) is 24.3 Å². The SMILES string of the molecule is NC(CCC(=O)NCc1ccccc1)S(=O)(=O)O. The normalized spacial score (nSPS) is 13.0. The van der Waals surface area contributed by atoms with Crippen molar-refractivity contribution in [2.75, 3.05) is 0 Å². The van der Waals surface area contributed by atoms with Gasteiger partial charge in [-0.15, -0.1) is 0 Å². The molecule has 1 aromatic rings. The monoisotopic (exact) mass is 272 g/mol. The van der Waals surface area contributed by atoms with E-state index < -0.39 is 15.5 Å². The minimum Gasteiger partial charge on any atom is -0.352 e. The summed E-state index contributed by atoms with van der Waals surface area (Å²) >= 11 is 0. The summed E-state index contributed by atoms with van der Waals surface area (Å²) in [5, 5.41) is 1.22. The molecule has 4 N–H and O–H groups in total. The number of nitrogens with two attached hydrogens (primary N) is 1. The number of carbonyl (C=O) groups excluding carboxylic acids is 1. The average Bonchev–Trinajstić information content (AvgIpc) is 2.33. The summed E-state index contributed by atoms with van der Waals surface area (Å²) in [6.07, 6.45) is -0.159. The van der Waals surface area contributed by atoms with Gasteiger partial charge in [-0.3, -0.25) is 9.35 Å². The topological polar surface area (TPSA) is 109 Å². The van der Waals surface area contributed by atoms with Crippen molar-refractivity contribution >= 4 is 16.0 Å². The van der Waals surface area contributed by atoms with Gasteiger partial charge < -0.3 is 11.1 Å². The second-order valence-electron chi connectivity index (χ2n) is 3.85. The van der Waals surface area contributed by atoms with Crippen LogP contribution in [0.2, 0.25) is 0 Å². The Balaban J connectivity index is 2.31. The maximum absolute atomic E-state index is 11.4. The van der Waals surface area contributed by atoms with Crippen molar-refractivity contribution < 1.29 is 17.8 Å². The molecule has 0 heterocycles. The third kappa shape index (κ3) is 5.26. The molecule has 1 rings (SSSR count). The van der Waals surface area contributed by atoms with E-state index in [1.165, 1.54) is 0 Å². The Bertz CT molecular complexity index is 487. The Morgan fingerprint density at radius 1 is 1.33 bits per heavy atom. The van der Waals surface area contributed by atoms with Crippen molar-refractivity contribution in [1.82, 2.24) is 5.32 Å². The molecule has 6 nitrogen and oxygen atoms in total. The minimum atomic E-state index is -4.27. The first kappa shape index (κ1) is 14.6. The van der Waals surface area contributed by atoms with Crippen molar-refractivity contribution in [3.63, 3.8) is 0 Å². The molecular formula is C11H16N2O4S. The van der Waals surface area contributed by atoms with Crippen LogP contribution in [0.4, 0.5) is 0 Å². The van der Waals surface area contributed by atoms with Crippen LogP contribution in [0.25, 0.3) is 0 Å². The second-order valence-corrected chi connectivity index (χ2v) is 5.49. The largest absolute Gasteiger partial charge is 0.352 e. The van der Waals surface area contributed by atoms with E-state index in [0.29, 0.717) is 6.54 Å². The molecule has 0 aliphatic rings. The molecule has 7 heteroatoms. The van der Waals surface area contributed by atoms with Gasteiger partial charge in [0.15, 0.2) is 0 Å². The van der Waals surface area contributed by atoms with E-state index >= 15 is 0 Å². The van der Waals surface area contributed by atoms with Crippen LogP contribution in [0.1, 0.15) is 18.4 Å². The van der Waals surface area contributed by atoms with Crippen LogP contribution in [-0.2, 0) is 21.5 Å². The van der Waals surface area contributed by atoms with E-state index in [0.717, 1.165) is 5.56 Å². The Morgan fingerprint density at radius 3 is 2.50 bits per heavy atom. The molecule has 1 amide bonds. The fourth-order valence-electron chi connectivity index (χ4n) is 1.31. The zero-order chi connectivity index (χ0) is 13.6. The average molecular weight is 272 g/mol. The van der Waals surface area contributed by atoms with E-state index in [1.807, 2.05) is 30.3 Å². The first-order chi connectivity index (χ1) is 8.39. The van der Waals surface area contributed by atoms with Gasteiger partial charge in [0.25, 0.3) is 10.1 Å². The maximum atomic E-state index is 11.4. The molecule has 0 aliphatic heterocycles. The highest BCUT2D eigenvalue weighted by Gasteiger charge is 2.18. The summed E-state index contributed by atoms with van der Waals surface area (Å²) in [6.45, 7) is 0.376. The minimum absolute atomic E-state index is 0.0478. The number of rotatable bonds is 6. The molecule has 0 saturated carbocycles. The van der Waals surface area contributed by atoms with Crippen LogP contribution < -0.4 is 11.1 Å². The highest BCUT2D eigenvalue weighted by molar-refractivity contribution is 7.86. The lowest BCUT2D eigenvalue weighted by molar-refractivity contribution is -0.121. The summed E-state index contributed by atoms with van der Waals surface area (Å²) in [7, 11) is -4.27. The molecular weight excluding hydrogens is 256 g/mol. The second kappa shape index (κ2) is 6.48. The van der Waals surface area contributed by atoms with E-state index in [4.69, 9.17) is 10.3 Å². The molecule has 0 saturated heterocycles. The Kier molecular flexibility index (Phi) is 5.26. The smallest absolute Gasteiger partial charge is 0.280 e. The summed E-state index contributed by atoms with van der Waals surface area (Å²) in [6, 6.07) is 9.32. The third-order valence-electron chi connectivity index (χ3n) is 2.37. The lowest BCUT2D eigenvalue weighted by Gasteiger charge is -2.08. The van der Waals surface area contributed by atoms with Crippen molar-refractivity contribution in [3.8, 4) is 0 Å². The summed E-state index contributed by atoms with van der Waals surface area (Å²) in [5.74, 6) is -0.307. The van der Waals surface area contributed by atoms with Crippen molar-refractivity contribution in [2.45, 2.75) is 24.8 Å². The first-order valence-corrected chi connectivity index (χ1v) is 6.92. The lowest BCUT2D eigenvalue weighted by Crippen LogP contribution is -2.32. The van der Waals surface area contributed by atoms with Gasteiger partial charge in [-0.2, -0.15) is 8.42 Å². The molecule has 0 bridgehead atoms. The van der Waals surface area contributed by atoms with Gasteiger partial charge in [0.2, 0.25) is 5.91 Å². The highest BCUT2D eigenvalue weighted by atomic mass is 32.2. The maximum Gasteiger partial charge on any atom is 0.280 e. The van der Waals surface area contributed by atoms with E-state index in [1.54, 1.807) is 0 Å². The lowest BCUT2D eigenvalue weighted by atomic mass is 10.2. The zero-order valence-corrected chi connectivity index (χ0v) is 10.6. The molecule has 1 unspecified atom stereocenters. The highest BCUT2D eigenvalue weighted by Crippen LogP contribution is 2.02. The van der Waals surface area contributed by atoms with Gasteiger partial charge in [0.1, 0.15) is 5.37 Å². The van der Waals surface area contributed by atoms with Gasteiger partial charge >= 0.3 is 0 Å². The number of amides is 1. The number of nitrogens with one attached hydrogen (secondary N) is 1. The molecule has 0 aromatic heterocycles. The molecule has 0 fully saturated rings. The van der Waals surface area contributed by atoms with E-state index in [2.05, 4.69) is 5.32 Å². The molecule has 0 aliphatic carbocycles. The number of benzene rings is 1. The van der Waals surface area contributed by atoms with Crippen LogP contribution in [0.3, 0.4) is 0 Å².